The quantitative estimate of drug-likeness (QED) is 0.569. The second-order valence-corrected chi connectivity index (χ2v) is 7.49. The molecule has 3 amide bonds. The van der Waals surface area contributed by atoms with Crippen molar-refractivity contribution in [1.29, 1.82) is 0 Å². The molecular weight excluding hydrogens is 374 g/mol. The van der Waals surface area contributed by atoms with Crippen LogP contribution in [0.15, 0.2) is 40.9 Å². The molecule has 29 heavy (non-hydrogen) atoms. The van der Waals surface area contributed by atoms with Crippen LogP contribution in [0.1, 0.15) is 44.2 Å². The van der Waals surface area contributed by atoms with Crippen molar-refractivity contribution in [2.75, 3.05) is 6.54 Å². The lowest BCUT2D eigenvalue weighted by Crippen LogP contribution is -2.44. The van der Waals surface area contributed by atoms with Crippen LogP contribution in [0.4, 0.5) is 4.79 Å². The van der Waals surface area contributed by atoms with E-state index in [1.165, 1.54) is 4.90 Å². The zero-order chi connectivity index (χ0) is 20.3. The molecule has 1 aromatic carbocycles. The number of ether oxygens (including phenoxy) is 1. The van der Waals surface area contributed by atoms with Crippen LogP contribution in [0.5, 0.6) is 0 Å². The summed E-state index contributed by atoms with van der Waals surface area (Å²) >= 11 is 0. The maximum absolute atomic E-state index is 12.6. The number of rotatable bonds is 7. The van der Waals surface area contributed by atoms with Crippen molar-refractivity contribution in [1.82, 2.24) is 15.4 Å². The van der Waals surface area contributed by atoms with E-state index in [9.17, 15) is 14.4 Å². The van der Waals surface area contributed by atoms with Crippen molar-refractivity contribution in [3.63, 3.8) is 0 Å². The standard InChI is InChI=1S/C21H23N3O5/c25-18(28-14-16-13-17(29-23-16)15-7-2-1-3-8-15)9-6-12-24-19(26)21(22-20(24)27)10-4-5-11-21/h1-3,7-8,13H,4-6,9-12,14H2,(H,22,27). The van der Waals surface area contributed by atoms with Crippen LogP contribution in [0.3, 0.4) is 0 Å². The number of aromatic nitrogens is 1. The number of urea groups is 1. The van der Waals surface area contributed by atoms with Gasteiger partial charge in [-0.05, 0) is 19.3 Å². The molecule has 0 bridgehead atoms. The molecule has 1 aromatic heterocycles. The average Bonchev–Trinajstić information content (AvgIpc) is 3.44. The van der Waals surface area contributed by atoms with Crippen molar-refractivity contribution in [3.05, 3.63) is 42.1 Å². The van der Waals surface area contributed by atoms with Crippen molar-refractivity contribution < 1.29 is 23.6 Å². The Kier molecular flexibility index (Phi) is 5.33. The summed E-state index contributed by atoms with van der Waals surface area (Å²) in [4.78, 5) is 37.9. The molecule has 1 saturated heterocycles. The van der Waals surface area contributed by atoms with Crippen molar-refractivity contribution in [3.8, 4) is 11.3 Å². The number of nitrogens with zero attached hydrogens (tertiary/aromatic N) is 2. The van der Waals surface area contributed by atoms with Gasteiger partial charge in [-0.1, -0.05) is 48.3 Å². The Morgan fingerprint density at radius 1 is 1.21 bits per heavy atom. The van der Waals surface area contributed by atoms with Gasteiger partial charge in [0.05, 0.1) is 0 Å². The molecule has 1 aliphatic carbocycles. The van der Waals surface area contributed by atoms with E-state index in [-0.39, 0.29) is 31.5 Å². The molecule has 4 rings (SSSR count). The minimum Gasteiger partial charge on any atom is -0.459 e. The maximum atomic E-state index is 12.6. The highest BCUT2D eigenvalue weighted by molar-refractivity contribution is 6.07. The van der Waals surface area contributed by atoms with Crippen LogP contribution in [-0.2, 0) is 20.9 Å². The molecule has 2 heterocycles. The van der Waals surface area contributed by atoms with Crippen LogP contribution >= 0.6 is 0 Å². The number of hydrogen-bond donors (Lipinski definition) is 1. The van der Waals surface area contributed by atoms with Crippen LogP contribution < -0.4 is 5.32 Å². The van der Waals surface area contributed by atoms with Gasteiger partial charge in [-0.2, -0.15) is 0 Å². The van der Waals surface area contributed by atoms with Gasteiger partial charge in [-0.15, -0.1) is 0 Å². The molecule has 8 nitrogen and oxygen atoms in total. The number of esters is 1. The lowest BCUT2D eigenvalue weighted by atomic mass is 9.98. The Bertz CT molecular complexity index is 902. The van der Waals surface area contributed by atoms with E-state index in [0.29, 0.717) is 30.7 Å². The molecule has 1 N–H and O–H groups in total. The number of nitrogens with one attached hydrogen (secondary N) is 1. The molecule has 2 aromatic rings. The highest BCUT2D eigenvalue weighted by atomic mass is 16.5. The van der Waals surface area contributed by atoms with Crippen LogP contribution in [0, 0.1) is 0 Å². The maximum Gasteiger partial charge on any atom is 0.325 e. The Hall–Kier alpha value is -3.16. The SMILES string of the molecule is O=C(CCCN1C(=O)NC2(CCCC2)C1=O)OCc1cc(-c2ccccc2)on1. The van der Waals surface area contributed by atoms with E-state index in [2.05, 4.69) is 10.5 Å². The molecule has 8 heteroatoms. The molecule has 2 aliphatic rings. The smallest absolute Gasteiger partial charge is 0.325 e. The van der Waals surface area contributed by atoms with E-state index in [1.54, 1.807) is 6.07 Å². The number of carbonyl (C=O) groups is 3. The van der Waals surface area contributed by atoms with E-state index < -0.39 is 11.5 Å². The topological polar surface area (TPSA) is 102 Å². The first kappa shape index (κ1) is 19.2. The van der Waals surface area contributed by atoms with E-state index in [4.69, 9.17) is 9.26 Å². The Balaban J connectivity index is 1.21. The normalized spacial score (nSPS) is 17.7. The minimum atomic E-state index is -0.707. The summed E-state index contributed by atoms with van der Waals surface area (Å²) < 4.78 is 10.5. The summed E-state index contributed by atoms with van der Waals surface area (Å²) in [5.74, 6) is 0.0392. The van der Waals surface area contributed by atoms with E-state index in [0.717, 1.165) is 18.4 Å². The lowest BCUT2D eigenvalue weighted by Gasteiger charge is -2.19. The fraction of sp³-hybridized carbons (Fsp3) is 0.429. The third-order valence-corrected chi connectivity index (χ3v) is 5.46. The fourth-order valence-corrected chi connectivity index (χ4v) is 3.92. The third kappa shape index (κ3) is 4.01. The van der Waals surface area contributed by atoms with Gasteiger partial charge < -0.3 is 14.6 Å². The Morgan fingerprint density at radius 2 is 1.97 bits per heavy atom. The van der Waals surface area contributed by atoms with Gasteiger partial charge >= 0.3 is 12.0 Å². The van der Waals surface area contributed by atoms with Gasteiger partial charge in [-0.25, -0.2) is 4.79 Å². The number of imide groups is 1. The van der Waals surface area contributed by atoms with Crippen molar-refractivity contribution in [2.45, 2.75) is 50.7 Å². The first-order valence-corrected chi connectivity index (χ1v) is 9.88. The van der Waals surface area contributed by atoms with Crippen LogP contribution in [-0.4, -0.2) is 40.0 Å². The highest BCUT2D eigenvalue weighted by Gasteiger charge is 2.52. The minimum absolute atomic E-state index is 0.0153. The average molecular weight is 397 g/mol. The molecular formula is C21H23N3O5. The first-order valence-electron chi connectivity index (χ1n) is 9.88. The molecule has 1 saturated carbocycles. The monoisotopic (exact) mass is 397 g/mol. The predicted molar refractivity (Wildman–Crippen MR) is 102 cm³/mol. The number of hydrogen-bond acceptors (Lipinski definition) is 6. The van der Waals surface area contributed by atoms with Gasteiger partial charge in [0, 0.05) is 24.6 Å². The van der Waals surface area contributed by atoms with Crippen molar-refractivity contribution >= 4 is 17.9 Å². The third-order valence-electron chi connectivity index (χ3n) is 5.46. The highest BCUT2D eigenvalue weighted by Crippen LogP contribution is 2.35. The molecule has 1 spiro atoms. The number of amides is 3. The Morgan fingerprint density at radius 3 is 2.72 bits per heavy atom. The molecule has 152 valence electrons. The molecule has 0 radical (unpaired) electrons. The number of carbonyl (C=O) groups excluding carboxylic acids is 3. The largest absolute Gasteiger partial charge is 0.459 e. The summed E-state index contributed by atoms with van der Waals surface area (Å²) in [5.41, 5.74) is 0.710. The van der Waals surface area contributed by atoms with Crippen LogP contribution in [0.25, 0.3) is 11.3 Å². The molecule has 0 atom stereocenters. The second kappa shape index (κ2) is 8.06. The summed E-state index contributed by atoms with van der Waals surface area (Å²) in [6.45, 7) is 0.227. The first-order chi connectivity index (χ1) is 14.1. The number of benzene rings is 1. The van der Waals surface area contributed by atoms with E-state index in [1.807, 2.05) is 30.3 Å². The van der Waals surface area contributed by atoms with E-state index >= 15 is 0 Å². The lowest BCUT2D eigenvalue weighted by molar-refractivity contribution is -0.145. The van der Waals surface area contributed by atoms with Gasteiger partial charge in [0.2, 0.25) is 0 Å². The summed E-state index contributed by atoms with van der Waals surface area (Å²) in [6, 6.07) is 10.9. The molecule has 2 fully saturated rings. The van der Waals surface area contributed by atoms with Gasteiger partial charge in [0.1, 0.15) is 17.8 Å². The van der Waals surface area contributed by atoms with Crippen molar-refractivity contribution in [2.24, 2.45) is 0 Å². The zero-order valence-electron chi connectivity index (χ0n) is 16.1. The summed E-state index contributed by atoms with van der Waals surface area (Å²) in [5, 5.41) is 6.74. The second-order valence-electron chi connectivity index (χ2n) is 7.49. The fourth-order valence-electron chi connectivity index (χ4n) is 3.92. The summed E-state index contributed by atoms with van der Waals surface area (Å²) in [7, 11) is 0. The van der Waals surface area contributed by atoms with Gasteiger partial charge in [0.15, 0.2) is 5.76 Å². The van der Waals surface area contributed by atoms with Gasteiger partial charge in [0.25, 0.3) is 5.91 Å². The van der Waals surface area contributed by atoms with Crippen LogP contribution in [0.2, 0.25) is 0 Å². The Labute approximate surface area is 168 Å². The predicted octanol–water partition coefficient (Wildman–Crippen LogP) is 3.03. The summed E-state index contributed by atoms with van der Waals surface area (Å²) in [6.07, 6.45) is 3.76. The molecule has 0 unspecified atom stereocenters. The zero-order valence-corrected chi connectivity index (χ0v) is 16.1. The van der Waals surface area contributed by atoms with Gasteiger partial charge in [-0.3, -0.25) is 14.5 Å². The molecule has 1 aliphatic heterocycles.